The van der Waals surface area contributed by atoms with Crippen LogP contribution in [-0.4, -0.2) is 14.8 Å². The van der Waals surface area contributed by atoms with Crippen LogP contribution in [0.25, 0.3) is 0 Å². The molecule has 0 radical (unpaired) electrons. The van der Waals surface area contributed by atoms with E-state index in [0.717, 1.165) is 23.4 Å². The molecule has 0 amide bonds. The predicted molar refractivity (Wildman–Crippen MR) is 103 cm³/mol. The van der Waals surface area contributed by atoms with Crippen LogP contribution >= 0.6 is 11.6 Å². The zero-order valence-corrected chi connectivity index (χ0v) is 15.5. The minimum absolute atomic E-state index is 0.333. The first kappa shape index (κ1) is 18.2. The lowest BCUT2D eigenvalue weighted by atomic mass is 9.75. The quantitative estimate of drug-likeness (QED) is 0.594. The van der Waals surface area contributed by atoms with Gasteiger partial charge >= 0.3 is 0 Å². The lowest BCUT2D eigenvalue weighted by Gasteiger charge is -2.28. The summed E-state index contributed by atoms with van der Waals surface area (Å²) in [4.78, 5) is 4.02. The highest BCUT2D eigenvalue weighted by molar-refractivity contribution is 6.30. The Morgan fingerprint density at radius 3 is 2.50 bits per heavy atom. The molecule has 3 rings (SSSR count). The summed E-state index contributed by atoms with van der Waals surface area (Å²) in [5.41, 5.74) is 1.60. The lowest BCUT2D eigenvalue weighted by molar-refractivity contribution is 0.381. The summed E-state index contributed by atoms with van der Waals surface area (Å²) >= 11 is 5.99. The van der Waals surface area contributed by atoms with Crippen LogP contribution < -0.4 is 0 Å². The van der Waals surface area contributed by atoms with Crippen molar-refractivity contribution in [2.24, 2.45) is 0 Å². The van der Waals surface area contributed by atoms with Gasteiger partial charge in [0, 0.05) is 5.02 Å². The molecule has 0 aliphatic carbocycles. The topological polar surface area (TPSA) is 54.5 Å². The van der Waals surface area contributed by atoms with Gasteiger partial charge in [0.25, 0.3) is 0 Å². The van der Waals surface area contributed by atoms with Gasteiger partial charge in [0.05, 0.1) is 12.6 Å². The molecule has 132 valence electrons. The van der Waals surface area contributed by atoms with Crippen molar-refractivity contribution in [3.05, 3.63) is 83.4 Å². The molecule has 0 N–H and O–H groups in total. The third-order valence-electron chi connectivity index (χ3n) is 4.88. The second-order valence-corrected chi connectivity index (χ2v) is 7.08. The molecule has 1 heterocycles. The summed E-state index contributed by atoms with van der Waals surface area (Å²) in [6, 6.07) is 20.5. The van der Waals surface area contributed by atoms with E-state index in [2.05, 4.69) is 35.2 Å². The van der Waals surface area contributed by atoms with E-state index in [1.54, 1.807) is 11.0 Å². The van der Waals surface area contributed by atoms with E-state index < -0.39 is 5.41 Å². The molecule has 2 unspecified atom stereocenters. The number of hydrogen-bond acceptors (Lipinski definition) is 3. The average Bonchev–Trinajstić information content (AvgIpc) is 3.19. The van der Waals surface area contributed by atoms with Crippen LogP contribution in [0, 0.1) is 11.3 Å². The first-order valence-corrected chi connectivity index (χ1v) is 9.05. The Kier molecular flexibility index (Phi) is 5.70. The monoisotopic (exact) mass is 364 g/mol. The van der Waals surface area contributed by atoms with Gasteiger partial charge in [-0.2, -0.15) is 10.4 Å². The van der Waals surface area contributed by atoms with Gasteiger partial charge in [-0.15, -0.1) is 0 Å². The van der Waals surface area contributed by atoms with E-state index in [1.165, 1.54) is 11.9 Å². The van der Waals surface area contributed by atoms with E-state index in [-0.39, 0.29) is 0 Å². The fraction of sp³-hybridized carbons (Fsp3) is 0.286. The number of benzene rings is 2. The highest BCUT2D eigenvalue weighted by atomic mass is 35.5. The molecule has 0 aliphatic rings. The van der Waals surface area contributed by atoms with Crippen LogP contribution in [0.15, 0.2) is 67.3 Å². The van der Waals surface area contributed by atoms with Crippen LogP contribution in [0.4, 0.5) is 0 Å². The summed E-state index contributed by atoms with van der Waals surface area (Å²) in [7, 11) is 0. The molecular formula is C21H21ClN4. The fourth-order valence-corrected chi connectivity index (χ4v) is 3.37. The molecular weight excluding hydrogens is 344 g/mol. The van der Waals surface area contributed by atoms with Crippen molar-refractivity contribution in [3.8, 4) is 6.07 Å². The average molecular weight is 365 g/mol. The largest absolute Gasteiger partial charge is 0.251 e. The second kappa shape index (κ2) is 8.16. The number of nitriles is 1. The Bertz CT molecular complexity index is 853. The van der Waals surface area contributed by atoms with E-state index >= 15 is 0 Å². The lowest BCUT2D eigenvalue weighted by Crippen LogP contribution is -2.31. The molecule has 0 bridgehead atoms. The van der Waals surface area contributed by atoms with Gasteiger partial charge < -0.3 is 0 Å². The maximum Gasteiger partial charge on any atom is 0.137 e. The van der Waals surface area contributed by atoms with E-state index in [0.29, 0.717) is 12.5 Å². The SMILES string of the molecule is CC(CCC(C#N)(Cn1cncn1)c1ccccc1)c1ccc(Cl)cc1. The summed E-state index contributed by atoms with van der Waals surface area (Å²) < 4.78 is 1.74. The van der Waals surface area contributed by atoms with Crippen LogP contribution in [0.1, 0.15) is 36.8 Å². The van der Waals surface area contributed by atoms with Crippen molar-refractivity contribution in [2.75, 3.05) is 0 Å². The van der Waals surface area contributed by atoms with Crippen molar-refractivity contribution in [1.82, 2.24) is 14.8 Å². The maximum atomic E-state index is 10.1. The van der Waals surface area contributed by atoms with Gasteiger partial charge in [0.2, 0.25) is 0 Å². The molecule has 0 saturated heterocycles. The number of rotatable bonds is 7. The molecule has 4 nitrogen and oxygen atoms in total. The van der Waals surface area contributed by atoms with Gasteiger partial charge in [-0.1, -0.05) is 61.0 Å². The highest BCUT2D eigenvalue weighted by Crippen LogP contribution is 2.34. The molecule has 1 aromatic heterocycles. The Hall–Kier alpha value is -2.64. The summed E-state index contributed by atoms with van der Waals surface area (Å²) in [5.74, 6) is 0.333. The third kappa shape index (κ3) is 4.12. The molecule has 0 spiro atoms. The molecule has 5 heteroatoms. The minimum Gasteiger partial charge on any atom is -0.251 e. The molecule has 2 aromatic carbocycles. The van der Waals surface area contributed by atoms with Gasteiger partial charge in [-0.3, -0.25) is 4.68 Å². The number of hydrogen-bond donors (Lipinski definition) is 0. The van der Waals surface area contributed by atoms with Crippen molar-refractivity contribution in [1.29, 1.82) is 5.26 Å². The summed E-state index contributed by atoms with van der Waals surface area (Å²) in [5, 5.41) is 15.1. The van der Waals surface area contributed by atoms with Crippen LogP contribution in [0.2, 0.25) is 5.02 Å². The fourth-order valence-electron chi connectivity index (χ4n) is 3.24. The molecule has 0 saturated carbocycles. The standard InChI is InChI=1S/C21H21ClN4/c1-17(18-7-9-20(22)10-8-18)11-12-21(13-23,14-26-16-24-15-25-26)19-5-3-2-4-6-19/h2-10,15-17H,11-12,14H2,1H3. The highest BCUT2D eigenvalue weighted by Gasteiger charge is 2.33. The van der Waals surface area contributed by atoms with E-state index in [4.69, 9.17) is 11.6 Å². The van der Waals surface area contributed by atoms with Gasteiger partial charge in [-0.05, 0) is 42.0 Å². The van der Waals surface area contributed by atoms with Crippen molar-refractivity contribution >= 4 is 11.6 Å². The van der Waals surface area contributed by atoms with Crippen molar-refractivity contribution < 1.29 is 0 Å². The third-order valence-corrected chi connectivity index (χ3v) is 5.13. The zero-order chi connectivity index (χ0) is 18.4. The van der Waals surface area contributed by atoms with Crippen molar-refractivity contribution in [2.45, 2.75) is 37.6 Å². The van der Waals surface area contributed by atoms with E-state index in [1.807, 2.05) is 42.5 Å². The summed E-state index contributed by atoms with van der Waals surface area (Å²) in [6.07, 6.45) is 4.79. The zero-order valence-electron chi connectivity index (χ0n) is 14.7. The Balaban J connectivity index is 1.83. The van der Waals surface area contributed by atoms with Crippen LogP contribution in [0.5, 0.6) is 0 Å². The van der Waals surface area contributed by atoms with E-state index in [9.17, 15) is 5.26 Å². The molecule has 2 atom stereocenters. The van der Waals surface area contributed by atoms with Crippen LogP contribution in [0.3, 0.4) is 0 Å². The smallest absolute Gasteiger partial charge is 0.137 e. The van der Waals surface area contributed by atoms with Gasteiger partial charge in [0.15, 0.2) is 0 Å². The summed E-state index contributed by atoms with van der Waals surface area (Å²) in [6.45, 7) is 2.67. The molecule has 0 aliphatic heterocycles. The molecule has 26 heavy (non-hydrogen) atoms. The first-order chi connectivity index (χ1) is 12.6. The Morgan fingerprint density at radius 1 is 1.15 bits per heavy atom. The van der Waals surface area contributed by atoms with Gasteiger partial charge in [-0.25, -0.2) is 4.98 Å². The second-order valence-electron chi connectivity index (χ2n) is 6.64. The maximum absolute atomic E-state index is 10.1. The number of nitrogens with zero attached hydrogens (tertiary/aromatic N) is 4. The Morgan fingerprint density at radius 2 is 1.88 bits per heavy atom. The van der Waals surface area contributed by atoms with Gasteiger partial charge in [0.1, 0.15) is 18.1 Å². The normalized spacial score (nSPS) is 14.3. The minimum atomic E-state index is -0.643. The molecule has 0 fully saturated rings. The predicted octanol–water partition coefficient (Wildman–Crippen LogP) is 4.98. The number of aromatic nitrogens is 3. The van der Waals surface area contributed by atoms with Crippen molar-refractivity contribution in [3.63, 3.8) is 0 Å². The first-order valence-electron chi connectivity index (χ1n) is 8.68. The molecule has 3 aromatic rings. The Labute approximate surface area is 159 Å². The number of halogens is 1. The van der Waals surface area contributed by atoms with Crippen LogP contribution in [-0.2, 0) is 12.0 Å².